The molecule has 20 heteroatoms. The number of aliphatic hydroxyl groups excluding tert-OH is 2. The summed E-state index contributed by atoms with van der Waals surface area (Å²) in [4.78, 5) is 89.0. The lowest BCUT2D eigenvalue weighted by Crippen LogP contribution is -2.59. The maximum absolute atomic E-state index is 13.4. The quantitative estimate of drug-likeness (QED) is 0.0387. The van der Waals surface area contributed by atoms with E-state index in [1.807, 2.05) is 4.90 Å². The summed E-state index contributed by atoms with van der Waals surface area (Å²) in [5.74, 6) is -6.91. The number of carboxylic acid groups (broad SMARTS) is 2. The van der Waals surface area contributed by atoms with Crippen molar-refractivity contribution in [2.24, 2.45) is 5.73 Å². The van der Waals surface area contributed by atoms with Crippen LogP contribution >= 0.6 is 23.2 Å². The second kappa shape index (κ2) is 24.0. The van der Waals surface area contributed by atoms with Gasteiger partial charge >= 0.3 is 17.9 Å². The number of nitrogens with one attached hydrogen (secondary N) is 4. The van der Waals surface area contributed by atoms with Crippen LogP contribution < -0.4 is 31.9 Å². The van der Waals surface area contributed by atoms with E-state index in [0.717, 1.165) is 5.69 Å². The first-order chi connectivity index (χ1) is 24.2. The van der Waals surface area contributed by atoms with Gasteiger partial charge in [-0.15, -0.1) is 23.2 Å². The van der Waals surface area contributed by atoms with Gasteiger partial charge in [0.15, 0.2) is 0 Å². The number of carbonyl (C=O) groups is 7. The van der Waals surface area contributed by atoms with Crippen LogP contribution in [-0.4, -0.2) is 137 Å². The Hall–Kier alpha value is -4.23. The third-order valence-corrected chi connectivity index (χ3v) is 7.58. The third-order valence-electron chi connectivity index (χ3n) is 7.25. The monoisotopic (exact) mass is 764 g/mol. The molecule has 1 aromatic carbocycles. The van der Waals surface area contributed by atoms with Gasteiger partial charge in [0, 0.05) is 49.8 Å². The van der Waals surface area contributed by atoms with Crippen LogP contribution in [0.3, 0.4) is 0 Å². The average molecular weight is 766 g/mol. The lowest BCUT2D eigenvalue weighted by atomic mass is 10.0. The second-order valence-corrected chi connectivity index (χ2v) is 11.8. The van der Waals surface area contributed by atoms with Crippen LogP contribution in [-0.2, 0) is 44.7 Å². The number of hydrogen-bond acceptors (Lipinski definition) is 12. The largest absolute Gasteiger partial charge is 0.481 e. The Balaban J connectivity index is 3.20. The molecule has 286 valence electrons. The Morgan fingerprint density at radius 2 is 1.18 bits per heavy atom. The van der Waals surface area contributed by atoms with Crippen molar-refractivity contribution < 1.29 is 58.7 Å². The van der Waals surface area contributed by atoms with Crippen molar-refractivity contribution >= 4 is 70.4 Å². The molecule has 5 atom stereocenters. The molecule has 0 aliphatic heterocycles. The molecule has 0 aromatic heterocycles. The van der Waals surface area contributed by atoms with E-state index in [9.17, 15) is 43.8 Å². The van der Waals surface area contributed by atoms with Crippen LogP contribution in [0.4, 0.5) is 5.69 Å². The Labute approximate surface area is 304 Å². The van der Waals surface area contributed by atoms with Gasteiger partial charge < -0.3 is 57.1 Å². The van der Waals surface area contributed by atoms with E-state index in [2.05, 4.69) is 21.3 Å². The van der Waals surface area contributed by atoms with E-state index in [0.29, 0.717) is 30.4 Å². The molecular formula is C31H46Cl2N6O12. The van der Waals surface area contributed by atoms with Crippen LogP contribution in [0, 0.1) is 0 Å². The minimum absolute atomic E-state index is 0.0210. The number of esters is 1. The van der Waals surface area contributed by atoms with Gasteiger partial charge in [0.1, 0.15) is 30.2 Å². The smallest absolute Gasteiger partial charge is 0.328 e. The first-order valence-electron chi connectivity index (χ1n) is 16.0. The number of amides is 4. The van der Waals surface area contributed by atoms with E-state index >= 15 is 0 Å². The zero-order valence-corrected chi connectivity index (χ0v) is 29.5. The Morgan fingerprint density at radius 1 is 0.725 bits per heavy atom. The van der Waals surface area contributed by atoms with Gasteiger partial charge in [0.05, 0.1) is 19.8 Å². The zero-order valence-electron chi connectivity index (χ0n) is 28.0. The highest BCUT2D eigenvalue weighted by atomic mass is 35.5. The van der Waals surface area contributed by atoms with Gasteiger partial charge in [-0.1, -0.05) is 12.1 Å². The van der Waals surface area contributed by atoms with E-state index in [-0.39, 0.29) is 13.0 Å². The first-order valence-corrected chi connectivity index (χ1v) is 17.0. The molecule has 1 aromatic rings. The number of aliphatic carboxylic acids is 2. The van der Waals surface area contributed by atoms with Crippen molar-refractivity contribution in [2.75, 3.05) is 49.6 Å². The SMILES string of the molecule is CCOC(=O)C(Cc1ccc(N(CCCl)CCCl)cc1)NC(=O)C(CCC(=O)O)NC(=O)C(CO)NC(=O)C(CCC(=O)O)NC(=O)C(N)CO. The summed E-state index contributed by atoms with van der Waals surface area (Å²) in [6, 6.07) is -0.578. The Morgan fingerprint density at radius 3 is 1.61 bits per heavy atom. The number of carbonyl (C=O) groups excluding carboxylic acids is 5. The molecule has 4 amide bonds. The Bertz CT molecular complexity index is 1320. The lowest BCUT2D eigenvalue weighted by molar-refractivity contribution is -0.148. The standard InChI is InChI=1S/C31H46Cl2N6O12/c1-2-51-31(50)23(15-18-3-5-19(6-4-18)39(13-11-32)14-12-33)37-28(47)22(8-10-26(44)45)36-30(49)24(17-41)38-29(48)21(7-9-25(42)43)35-27(46)20(34)16-40/h3-6,20-24,40-41H,2,7-17,34H2,1H3,(H,35,46)(H,36,49)(H,37,47)(H,38,48)(H,42,43)(H,44,45). The normalized spacial score (nSPS) is 13.8. The number of benzene rings is 1. The van der Waals surface area contributed by atoms with E-state index in [1.165, 1.54) is 0 Å². The molecule has 0 aliphatic carbocycles. The second-order valence-electron chi connectivity index (χ2n) is 11.1. The number of rotatable bonds is 25. The molecule has 0 radical (unpaired) electrons. The fourth-order valence-electron chi connectivity index (χ4n) is 4.53. The molecule has 10 N–H and O–H groups in total. The molecule has 0 heterocycles. The number of nitrogens with two attached hydrogens (primary N) is 1. The number of ether oxygens (including phenoxy) is 1. The molecule has 0 bridgehead atoms. The average Bonchev–Trinajstić information content (AvgIpc) is 3.09. The zero-order chi connectivity index (χ0) is 38.5. The Kier molecular flexibility index (Phi) is 21.1. The van der Waals surface area contributed by atoms with Gasteiger partial charge in [-0.25, -0.2) is 4.79 Å². The maximum Gasteiger partial charge on any atom is 0.328 e. The third kappa shape index (κ3) is 16.6. The highest BCUT2D eigenvalue weighted by Gasteiger charge is 2.32. The number of alkyl halides is 2. The van der Waals surface area contributed by atoms with Crippen molar-refractivity contribution in [3.63, 3.8) is 0 Å². The predicted molar refractivity (Wildman–Crippen MR) is 184 cm³/mol. The molecule has 5 unspecified atom stereocenters. The van der Waals surface area contributed by atoms with Crippen LogP contribution in [0.15, 0.2) is 24.3 Å². The van der Waals surface area contributed by atoms with Crippen molar-refractivity contribution in [3.05, 3.63) is 29.8 Å². The molecule has 51 heavy (non-hydrogen) atoms. The van der Waals surface area contributed by atoms with Gasteiger partial charge in [-0.05, 0) is 37.5 Å². The van der Waals surface area contributed by atoms with Crippen LogP contribution in [0.2, 0.25) is 0 Å². The molecular weight excluding hydrogens is 719 g/mol. The highest BCUT2D eigenvalue weighted by Crippen LogP contribution is 2.17. The van der Waals surface area contributed by atoms with Gasteiger partial charge in [0.25, 0.3) is 0 Å². The molecule has 0 fully saturated rings. The van der Waals surface area contributed by atoms with E-state index < -0.39 is 111 Å². The predicted octanol–water partition coefficient (Wildman–Crippen LogP) is -1.94. The minimum atomic E-state index is -1.76. The summed E-state index contributed by atoms with van der Waals surface area (Å²) < 4.78 is 5.13. The van der Waals surface area contributed by atoms with E-state index in [4.69, 9.17) is 43.9 Å². The molecule has 18 nitrogen and oxygen atoms in total. The van der Waals surface area contributed by atoms with Gasteiger partial charge in [0.2, 0.25) is 23.6 Å². The van der Waals surface area contributed by atoms with Crippen LogP contribution in [0.5, 0.6) is 0 Å². The fourth-order valence-corrected chi connectivity index (χ4v) is 4.94. The molecule has 0 spiro atoms. The van der Waals surface area contributed by atoms with Crippen LogP contribution in [0.25, 0.3) is 0 Å². The van der Waals surface area contributed by atoms with Gasteiger partial charge in [-0.3, -0.25) is 28.8 Å². The summed E-state index contributed by atoms with van der Waals surface area (Å²) in [6.45, 7) is 0.807. The van der Waals surface area contributed by atoms with E-state index in [1.54, 1.807) is 31.2 Å². The molecule has 0 saturated heterocycles. The van der Waals surface area contributed by atoms with Crippen LogP contribution in [0.1, 0.15) is 38.2 Å². The van der Waals surface area contributed by atoms with Crippen molar-refractivity contribution in [1.82, 2.24) is 21.3 Å². The summed E-state index contributed by atoms with van der Waals surface area (Å²) >= 11 is 11.8. The van der Waals surface area contributed by atoms with Crippen molar-refractivity contribution in [3.8, 4) is 0 Å². The number of nitrogens with zero attached hydrogens (tertiary/aromatic N) is 1. The summed E-state index contributed by atoms with van der Waals surface area (Å²) in [7, 11) is 0. The molecule has 0 saturated carbocycles. The first kappa shape index (κ1) is 44.8. The van der Waals surface area contributed by atoms with Crippen molar-refractivity contribution in [2.45, 2.75) is 69.2 Å². The van der Waals surface area contributed by atoms with Crippen molar-refractivity contribution in [1.29, 1.82) is 0 Å². The molecule has 1 rings (SSSR count). The fraction of sp³-hybridized carbons (Fsp3) is 0.581. The summed E-state index contributed by atoms with van der Waals surface area (Å²) in [5, 5.41) is 46.4. The summed E-state index contributed by atoms with van der Waals surface area (Å²) in [5.41, 5.74) is 6.89. The molecule has 0 aliphatic rings. The number of carboxylic acids is 2. The number of aliphatic hydroxyl groups is 2. The van der Waals surface area contributed by atoms with Gasteiger partial charge in [-0.2, -0.15) is 0 Å². The topological polar surface area (TPSA) is 287 Å². The number of halogens is 2. The lowest BCUT2D eigenvalue weighted by Gasteiger charge is -2.26. The number of anilines is 1. The summed E-state index contributed by atoms with van der Waals surface area (Å²) in [6.07, 6.45) is -2.15. The minimum Gasteiger partial charge on any atom is -0.481 e. The highest BCUT2D eigenvalue weighted by molar-refractivity contribution is 6.18. The maximum atomic E-state index is 13.4. The number of hydrogen-bond donors (Lipinski definition) is 9.